The van der Waals surface area contributed by atoms with Crippen molar-refractivity contribution in [3.8, 4) is 11.5 Å². The smallest absolute Gasteiger partial charge is 0.163 e. The second kappa shape index (κ2) is 12.5. The fourth-order valence-corrected chi connectivity index (χ4v) is 3.64. The first-order valence-electron chi connectivity index (χ1n) is 9.94. The molecular formula is C22H29Cl3N2O2. The van der Waals surface area contributed by atoms with Crippen LogP contribution in [0.15, 0.2) is 30.3 Å². The number of nitrogens with one attached hydrogen (secondary N) is 1. The standard InChI is InChI=1S/C22H29Cl3N2O2/c1-4-27(5-2)11-10-26-14-16-12-21(28-6-3)22(13-20(16)25)29-15-17-18(23)8-7-9-19(17)24/h7-9,12-13,26H,4-6,10-11,14-15H2,1-3H3. The highest BCUT2D eigenvalue weighted by Crippen LogP contribution is 2.35. The molecule has 1 N–H and O–H groups in total. The molecule has 0 aliphatic carbocycles. The van der Waals surface area contributed by atoms with E-state index in [-0.39, 0.29) is 6.61 Å². The summed E-state index contributed by atoms with van der Waals surface area (Å²) in [6.07, 6.45) is 0. The van der Waals surface area contributed by atoms with Crippen molar-refractivity contribution >= 4 is 34.8 Å². The predicted molar refractivity (Wildman–Crippen MR) is 123 cm³/mol. The number of likely N-dealkylation sites (N-methyl/N-ethyl adjacent to an activating group) is 1. The van der Waals surface area contributed by atoms with Gasteiger partial charge in [0.05, 0.1) is 6.61 Å². The number of halogens is 3. The monoisotopic (exact) mass is 458 g/mol. The Morgan fingerprint density at radius 1 is 0.897 bits per heavy atom. The zero-order valence-electron chi connectivity index (χ0n) is 17.2. The summed E-state index contributed by atoms with van der Waals surface area (Å²) in [4.78, 5) is 2.37. The topological polar surface area (TPSA) is 33.7 Å². The molecule has 0 amide bonds. The summed E-state index contributed by atoms with van der Waals surface area (Å²) >= 11 is 19.0. The maximum Gasteiger partial charge on any atom is 0.163 e. The molecule has 2 aromatic rings. The van der Waals surface area contributed by atoms with Crippen LogP contribution in [0, 0.1) is 0 Å². The van der Waals surface area contributed by atoms with Crippen LogP contribution >= 0.6 is 34.8 Å². The lowest BCUT2D eigenvalue weighted by molar-refractivity contribution is 0.269. The lowest BCUT2D eigenvalue weighted by Crippen LogP contribution is -2.31. The van der Waals surface area contributed by atoms with E-state index >= 15 is 0 Å². The van der Waals surface area contributed by atoms with Crippen LogP contribution in [-0.4, -0.2) is 37.7 Å². The van der Waals surface area contributed by atoms with Crippen molar-refractivity contribution in [3.63, 3.8) is 0 Å². The highest BCUT2D eigenvalue weighted by atomic mass is 35.5. The molecule has 0 atom stereocenters. The molecule has 0 fully saturated rings. The third-order valence-electron chi connectivity index (χ3n) is 4.66. The van der Waals surface area contributed by atoms with Crippen LogP contribution < -0.4 is 14.8 Å². The Kier molecular flexibility index (Phi) is 10.4. The SMILES string of the molecule is CCOc1cc(CNCCN(CC)CC)c(Cl)cc1OCc1c(Cl)cccc1Cl. The first kappa shape index (κ1) is 24.1. The molecule has 0 saturated carbocycles. The molecule has 0 aromatic heterocycles. The molecule has 0 saturated heterocycles. The average molecular weight is 460 g/mol. The fourth-order valence-electron chi connectivity index (χ4n) is 2.91. The van der Waals surface area contributed by atoms with Crippen LogP contribution in [0.5, 0.6) is 11.5 Å². The normalized spacial score (nSPS) is 11.1. The van der Waals surface area contributed by atoms with E-state index in [1.807, 2.05) is 13.0 Å². The summed E-state index contributed by atoms with van der Waals surface area (Å²) in [6.45, 7) is 11.7. The second-order valence-electron chi connectivity index (χ2n) is 6.52. The maximum absolute atomic E-state index is 6.50. The van der Waals surface area contributed by atoms with E-state index in [0.29, 0.717) is 39.7 Å². The van der Waals surface area contributed by atoms with E-state index in [9.17, 15) is 0 Å². The molecule has 0 bridgehead atoms. The molecule has 0 radical (unpaired) electrons. The summed E-state index contributed by atoms with van der Waals surface area (Å²) in [5.74, 6) is 1.22. The zero-order valence-corrected chi connectivity index (χ0v) is 19.5. The number of hydrogen-bond donors (Lipinski definition) is 1. The molecule has 0 aliphatic rings. The third kappa shape index (κ3) is 7.23. The molecule has 7 heteroatoms. The number of nitrogens with zero attached hydrogens (tertiary/aromatic N) is 1. The molecule has 160 valence electrons. The fraction of sp³-hybridized carbons (Fsp3) is 0.455. The average Bonchev–Trinajstić information content (AvgIpc) is 2.70. The van der Waals surface area contributed by atoms with Gasteiger partial charge in [0, 0.05) is 46.3 Å². The predicted octanol–water partition coefficient (Wildman–Crippen LogP) is 6.06. The molecule has 0 aliphatic heterocycles. The minimum absolute atomic E-state index is 0.233. The van der Waals surface area contributed by atoms with E-state index in [2.05, 4.69) is 24.1 Å². The van der Waals surface area contributed by atoms with Gasteiger partial charge in [-0.3, -0.25) is 0 Å². The van der Waals surface area contributed by atoms with E-state index in [0.717, 1.165) is 37.3 Å². The summed E-state index contributed by atoms with van der Waals surface area (Å²) in [5.41, 5.74) is 1.70. The van der Waals surface area contributed by atoms with Crippen molar-refractivity contribution in [2.24, 2.45) is 0 Å². The van der Waals surface area contributed by atoms with Crippen LogP contribution in [0.25, 0.3) is 0 Å². The Morgan fingerprint density at radius 3 is 2.17 bits per heavy atom. The van der Waals surface area contributed by atoms with E-state index < -0.39 is 0 Å². The van der Waals surface area contributed by atoms with Gasteiger partial charge in [0.15, 0.2) is 11.5 Å². The van der Waals surface area contributed by atoms with Gasteiger partial charge < -0.3 is 19.7 Å². The van der Waals surface area contributed by atoms with Crippen LogP contribution in [0.1, 0.15) is 31.9 Å². The minimum Gasteiger partial charge on any atom is -0.490 e. The molecular weight excluding hydrogens is 431 g/mol. The minimum atomic E-state index is 0.233. The molecule has 2 aromatic carbocycles. The van der Waals surface area contributed by atoms with Gasteiger partial charge in [0.1, 0.15) is 6.61 Å². The maximum atomic E-state index is 6.50. The number of hydrogen-bond acceptors (Lipinski definition) is 4. The summed E-state index contributed by atoms with van der Waals surface area (Å²) in [6, 6.07) is 9.10. The van der Waals surface area contributed by atoms with E-state index in [1.165, 1.54) is 0 Å². The van der Waals surface area contributed by atoms with Crippen molar-refractivity contribution in [3.05, 3.63) is 56.5 Å². The Hall–Kier alpha value is -1.17. The lowest BCUT2D eigenvalue weighted by atomic mass is 10.2. The number of benzene rings is 2. The summed E-state index contributed by atoms with van der Waals surface area (Å²) in [7, 11) is 0. The van der Waals surface area contributed by atoms with Crippen LogP contribution in [0.4, 0.5) is 0 Å². The van der Waals surface area contributed by atoms with Gasteiger partial charge in [0.2, 0.25) is 0 Å². The van der Waals surface area contributed by atoms with Crippen LogP contribution in [0.3, 0.4) is 0 Å². The lowest BCUT2D eigenvalue weighted by Gasteiger charge is -2.19. The molecule has 0 heterocycles. The molecule has 0 spiro atoms. The van der Waals surface area contributed by atoms with Gasteiger partial charge in [-0.1, -0.05) is 54.7 Å². The molecule has 29 heavy (non-hydrogen) atoms. The highest BCUT2D eigenvalue weighted by Gasteiger charge is 2.13. The van der Waals surface area contributed by atoms with Gasteiger partial charge in [-0.15, -0.1) is 0 Å². The first-order valence-corrected chi connectivity index (χ1v) is 11.1. The Labute approximate surface area is 189 Å². The quantitative estimate of drug-likeness (QED) is 0.391. The van der Waals surface area contributed by atoms with Gasteiger partial charge in [0.25, 0.3) is 0 Å². The molecule has 0 unspecified atom stereocenters. The van der Waals surface area contributed by atoms with Gasteiger partial charge >= 0.3 is 0 Å². The third-order valence-corrected chi connectivity index (χ3v) is 5.72. The van der Waals surface area contributed by atoms with Crippen molar-refractivity contribution in [2.75, 3.05) is 32.8 Å². The first-order chi connectivity index (χ1) is 14.0. The van der Waals surface area contributed by atoms with Crippen molar-refractivity contribution in [1.82, 2.24) is 10.2 Å². The van der Waals surface area contributed by atoms with Crippen molar-refractivity contribution < 1.29 is 9.47 Å². The largest absolute Gasteiger partial charge is 0.490 e. The van der Waals surface area contributed by atoms with Gasteiger partial charge in [-0.25, -0.2) is 0 Å². The zero-order chi connectivity index (χ0) is 21.2. The number of rotatable bonds is 12. The number of ether oxygens (including phenoxy) is 2. The van der Waals surface area contributed by atoms with Gasteiger partial charge in [-0.05, 0) is 43.8 Å². The Bertz CT molecular complexity index is 763. The highest BCUT2D eigenvalue weighted by molar-refractivity contribution is 6.36. The van der Waals surface area contributed by atoms with E-state index in [4.69, 9.17) is 44.3 Å². The second-order valence-corrected chi connectivity index (χ2v) is 7.74. The van der Waals surface area contributed by atoms with Crippen molar-refractivity contribution in [2.45, 2.75) is 33.9 Å². The van der Waals surface area contributed by atoms with Gasteiger partial charge in [-0.2, -0.15) is 0 Å². The van der Waals surface area contributed by atoms with Crippen molar-refractivity contribution in [1.29, 1.82) is 0 Å². The van der Waals surface area contributed by atoms with E-state index in [1.54, 1.807) is 24.3 Å². The van der Waals surface area contributed by atoms with Crippen LogP contribution in [-0.2, 0) is 13.2 Å². The molecule has 2 rings (SSSR count). The summed E-state index contributed by atoms with van der Waals surface area (Å²) in [5, 5.41) is 5.21. The van der Waals surface area contributed by atoms with Crippen LogP contribution in [0.2, 0.25) is 15.1 Å². The summed E-state index contributed by atoms with van der Waals surface area (Å²) < 4.78 is 11.7. The Balaban J connectivity index is 2.06. The molecule has 4 nitrogen and oxygen atoms in total. The Morgan fingerprint density at radius 2 is 1.55 bits per heavy atom.